The highest BCUT2D eigenvalue weighted by Crippen LogP contribution is 2.45. The Hall–Kier alpha value is -3.91. The molecule has 8 heteroatoms. The van der Waals surface area contributed by atoms with Crippen LogP contribution in [0.5, 0.6) is 11.5 Å². The van der Waals surface area contributed by atoms with Gasteiger partial charge in [0.15, 0.2) is 11.5 Å². The molecule has 4 aromatic rings. The molecule has 2 amide bonds. The van der Waals surface area contributed by atoms with Gasteiger partial charge in [-0.25, -0.2) is 0 Å². The highest BCUT2D eigenvalue weighted by Gasteiger charge is 2.40. The third-order valence-electron chi connectivity index (χ3n) is 6.42. The van der Waals surface area contributed by atoms with Gasteiger partial charge in [0, 0.05) is 41.8 Å². The quantitative estimate of drug-likeness (QED) is 0.464. The Morgan fingerprint density at radius 2 is 1.80 bits per heavy atom. The molecule has 0 saturated carbocycles. The Morgan fingerprint density at radius 1 is 1.03 bits per heavy atom. The number of ether oxygens (including phenoxy) is 2. The van der Waals surface area contributed by atoms with Crippen LogP contribution < -0.4 is 19.7 Å². The van der Waals surface area contributed by atoms with Crippen LogP contribution in [-0.2, 0) is 23.2 Å². The molecule has 3 aromatic carbocycles. The van der Waals surface area contributed by atoms with Gasteiger partial charge in [-0.3, -0.25) is 14.5 Å². The number of aromatic nitrogens is 1. The summed E-state index contributed by atoms with van der Waals surface area (Å²) < 4.78 is 13.1. The zero-order chi connectivity index (χ0) is 23.9. The van der Waals surface area contributed by atoms with Crippen LogP contribution >= 0.6 is 11.8 Å². The Morgan fingerprint density at radius 3 is 2.66 bits per heavy atom. The van der Waals surface area contributed by atoms with Crippen molar-refractivity contribution in [2.24, 2.45) is 7.05 Å². The smallest absolute Gasteiger partial charge is 0.248 e. The molecule has 3 heterocycles. The number of nitrogens with one attached hydrogen (secondary N) is 1. The van der Waals surface area contributed by atoms with Gasteiger partial charge in [0.25, 0.3) is 0 Å². The van der Waals surface area contributed by atoms with Gasteiger partial charge in [-0.2, -0.15) is 0 Å². The summed E-state index contributed by atoms with van der Waals surface area (Å²) in [6.45, 7) is 0.504. The van der Waals surface area contributed by atoms with Gasteiger partial charge in [0.2, 0.25) is 18.6 Å². The molecule has 0 fully saturated rings. The topological polar surface area (TPSA) is 72.8 Å². The van der Waals surface area contributed by atoms with Crippen molar-refractivity contribution in [2.45, 2.75) is 17.6 Å². The second-order valence-electron chi connectivity index (χ2n) is 8.49. The van der Waals surface area contributed by atoms with E-state index in [4.69, 9.17) is 9.47 Å². The lowest BCUT2D eigenvalue weighted by Gasteiger charge is -2.30. The zero-order valence-electron chi connectivity index (χ0n) is 19.1. The highest BCUT2D eigenvalue weighted by molar-refractivity contribution is 8.00. The van der Waals surface area contributed by atoms with Crippen LogP contribution in [-0.4, -0.2) is 28.9 Å². The van der Waals surface area contributed by atoms with E-state index in [0.717, 1.165) is 27.1 Å². The van der Waals surface area contributed by atoms with Crippen molar-refractivity contribution in [1.29, 1.82) is 0 Å². The molecule has 0 aliphatic carbocycles. The molecule has 1 N–H and O–H groups in total. The number of amides is 2. The van der Waals surface area contributed by atoms with E-state index >= 15 is 0 Å². The molecule has 2 aliphatic heterocycles. The van der Waals surface area contributed by atoms with E-state index in [-0.39, 0.29) is 24.4 Å². The Bertz CT molecular complexity index is 1450. The lowest BCUT2D eigenvalue weighted by atomic mass is 10.0. The number of anilines is 1. The van der Waals surface area contributed by atoms with E-state index in [1.807, 2.05) is 67.7 Å². The van der Waals surface area contributed by atoms with Crippen molar-refractivity contribution in [3.8, 4) is 11.5 Å². The maximum absolute atomic E-state index is 13.9. The average Bonchev–Trinajstić information content (AvgIpc) is 3.42. The summed E-state index contributed by atoms with van der Waals surface area (Å²) in [5, 5.41) is 4.95. The van der Waals surface area contributed by atoms with Crippen LogP contribution in [0.1, 0.15) is 17.2 Å². The molecule has 7 nitrogen and oxygen atoms in total. The SMILES string of the molecule is Cn1c2c(c3ccccc31)C(C(=O)NCc1ccccc1)N(c1ccc3c(c1)OCO3)C(=O)CS2. The number of nitrogens with zero attached hydrogens (tertiary/aromatic N) is 2. The van der Waals surface area contributed by atoms with Crippen molar-refractivity contribution < 1.29 is 19.1 Å². The van der Waals surface area contributed by atoms with Gasteiger partial charge in [-0.15, -0.1) is 0 Å². The first-order chi connectivity index (χ1) is 17.1. The van der Waals surface area contributed by atoms with Gasteiger partial charge < -0.3 is 19.4 Å². The number of carbonyl (C=O) groups is 2. The molecule has 176 valence electrons. The van der Waals surface area contributed by atoms with Crippen LogP contribution in [0.25, 0.3) is 10.9 Å². The number of hydrogen-bond acceptors (Lipinski definition) is 5. The van der Waals surface area contributed by atoms with Gasteiger partial charge in [0.05, 0.1) is 10.8 Å². The number of carbonyl (C=O) groups excluding carboxylic acids is 2. The zero-order valence-corrected chi connectivity index (χ0v) is 19.9. The van der Waals surface area contributed by atoms with Crippen LogP contribution in [0.15, 0.2) is 77.8 Å². The molecule has 1 unspecified atom stereocenters. The minimum absolute atomic E-state index is 0.136. The van der Waals surface area contributed by atoms with Crippen LogP contribution in [0.4, 0.5) is 5.69 Å². The summed E-state index contributed by atoms with van der Waals surface area (Å²) in [7, 11) is 1.98. The fourth-order valence-electron chi connectivity index (χ4n) is 4.77. The van der Waals surface area contributed by atoms with E-state index in [1.165, 1.54) is 11.8 Å². The third-order valence-corrected chi connectivity index (χ3v) is 7.57. The molecule has 2 aliphatic rings. The summed E-state index contributed by atoms with van der Waals surface area (Å²) in [5.74, 6) is 1.03. The molecule has 0 bridgehead atoms. The average molecular weight is 486 g/mol. The van der Waals surface area contributed by atoms with Gasteiger partial charge in [0.1, 0.15) is 6.04 Å². The lowest BCUT2D eigenvalue weighted by Crippen LogP contribution is -2.43. The second kappa shape index (κ2) is 8.70. The fraction of sp³-hybridized carbons (Fsp3) is 0.185. The molecule has 0 spiro atoms. The molecule has 0 radical (unpaired) electrons. The first kappa shape index (κ1) is 21.6. The largest absolute Gasteiger partial charge is 0.454 e. The summed E-state index contributed by atoms with van der Waals surface area (Å²) in [5.41, 5.74) is 3.44. The Kier molecular flexibility index (Phi) is 5.37. The molecule has 1 atom stereocenters. The predicted octanol–water partition coefficient (Wildman–Crippen LogP) is 4.40. The molecule has 0 saturated heterocycles. The van der Waals surface area contributed by atoms with Gasteiger partial charge >= 0.3 is 0 Å². The monoisotopic (exact) mass is 485 g/mol. The van der Waals surface area contributed by atoms with Gasteiger partial charge in [-0.1, -0.05) is 60.3 Å². The van der Waals surface area contributed by atoms with E-state index in [2.05, 4.69) is 9.88 Å². The fourth-order valence-corrected chi connectivity index (χ4v) is 5.84. The van der Waals surface area contributed by atoms with Crippen LogP contribution in [0.3, 0.4) is 0 Å². The van der Waals surface area contributed by atoms with Crippen molar-refractivity contribution in [3.05, 3.63) is 83.9 Å². The predicted molar refractivity (Wildman–Crippen MR) is 135 cm³/mol. The van der Waals surface area contributed by atoms with E-state index in [1.54, 1.807) is 17.0 Å². The number of fused-ring (bicyclic) bond motifs is 4. The molecule has 6 rings (SSSR count). The maximum Gasteiger partial charge on any atom is 0.248 e. The minimum atomic E-state index is -0.845. The number of thioether (sulfide) groups is 1. The highest BCUT2D eigenvalue weighted by atomic mass is 32.2. The number of hydrogen-bond donors (Lipinski definition) is 1. The third kappa shape index (κ3) is 3.70. The van der Waals surface area contributed by atoms with Crippen LogP contribution in [0.2, 0.25) is 0 Å². The second-order valence-corrected chi connectivity index (χ2v) is 9.45. The Balaban J connectivity index is 1.49. The Labute approximate surface area is 206 Å². The number of benzene rings is 3. The maximum atomic E-state index is 13.9. The first-order valence-electron chi connectivity index (χ1n) is 11.4. The summed E-state index contributed by atoms with van der Waals surface area (Å²) in [4.78, 5) is 29.1. The molecule has 35 heavy (non-hydrogen) atoms. The van der Waals surface area contributed by atoms with Crippen molar-refractivity contribution >= 4 is 40.2 Å². The molecular weight excluding hydrogens is 462 g/mol. The van der Waals surface area contributed by atoms with Crippen molar-refractivity contribution in [2.75, 3.05) is 17.4 Å². The van der Waals surface area contributed by atoms with Crippen molar-refractivity contribution in [1.82, 2.24) is 9.88 Å². The number of aryl methyl sites for hydroxylation is 1. The first-order valence-corrected chi connectivity index (χ1v) is 12.3. The van der Waals surface area contributed by atoms with Gasteiger partial charge in [-0.05, 0) is 23.8 Å². The minimum Gasteiger partial charge on any atom is -0.454 e. The number of rotatable bonds is 4. The molecular formula is C27H23N3O4S. The number of para-hydroxylation sites is 1. The van der Waals surface area contributed by atoms with E-state index in [0.29, 0.717) is 23.7 Å². The molecule has 1 aromatic heterocycles. The summed E-state index contributed by atoms with van der Waals surface area (Å²) in [6, 6.07) is 22.3. The summed E-state index contributed by atoms with van der Waals surface area (Å²) in [6.07, 6.45) is 0. The standard InChI is InChI=1S/C27H23N3O4S/c1-29-20-10-6-5-9-19(20)24-25(26(32)28-14-17-7-3-2-4-8-17)30(23(31)15-35-27(24)29)18-11-12-21-22(13-18)34-16-33-21/h2-13,25H,14-16H2,1H3,(H,28,32). The summed E-state index contributed by atoms with van der Waals surface area (Å²) >= 11 is 1.47. The van der Waals surface area contributed by atoms with E-state index < -0.39 is 6.04 Å². The van der Waals surface area contributed by atoms with Crippen molar-refractivity contribution in [3.63, 3.8) is 0 Å². The lowest BCUT2D eigenvalue weighted by molar-refractivity contribution is -0.125. The normalized spacial score (nSPS) is 16.8. The van der Waals surface area contributed by atoms with E-state index in [9.17, 15) is 9.59 Å². The van der Waals surface area contributed by atoms with Crippen LogP contribution in [0, 0.1) is 0 Å².